The average Bonchev–Trinajstić information content (AvgIpc) is 3.12. The third-order valence-corrected chi connectivity index (χ3v) is 4.21. The second-order valence-corrected chi connectivity index (χ2v) is 6.51. The third-order valence-electron chi connectivity index (χ3n) is 3.47. The predicted octanol–water partition coefficient (Wildman–Crippen LogP) is 3.37. The fourth-order valence-corrected chi connectivity index (χ4v) is 2.38. The van der Waals surface area contributed by atoms with Crippen LogP contribution in [-0.4, -0.2) is 18.0 Å². The molecule has 0 bridgehead atoms. The molecule has 2 rings (SSSR count). The van der Waals surface area contributed by atoms with Gasteiger partial charge in [-0.15, -0.1) is 12.4 Å². The molecule has 0 aromatic heterocycles. The van der Waals surface area contributed by atoms with Crippen LogP contribution < -0.4 is 11.1 Å². The lowest BCUT2D eigenvalue weighted by Gasteiger charge is -2.24. The van der Waals surface area contributed by atoms with Gasteiger partial charge in [0.2, 0.25) is 5.91 Å². The molecular formula is C14H19Cl3N2O. The zero-order valence-corrected chi connectivity index (χ0v) is 13.8. The summed E-state index contributed by atoms with van der Waals surface area (Å²) < 4.78 is 0. The van der Waals surface area contributed by atoms with Crippen molar-refractivity contribution >= 4 is 41.5 Å². The molecule has 20 heavy (non-hydrogen) atoms. The number of rotatable bonds is 4. The lowest BCUT2D eigenvalue weighted by Crippen LogP contribution is -2.49. The van der Waals surface area contributed by atoms with E-state index in [0.717, 1.165) is 12.0 Å². The molecule has 0 spiro atoms. The van der Waals surface area contributed by atoms with Gasteiger partial charge in [-0.3, -0.25) is 4.79 Å². The van der Waals surface area contributed by atoms with Gasteiger partial charge < -0.3 is 11.1 Å². The molecule has 1 amide bonds. The first-order valence-corrected chi connectivity index (χ1v) is 7.07. The van der Waals surface area contributed by atoms with Gasteiger partial charge in [0, 0.05) is 18.0 Å². The van der Waals surface area contributed by atoms with Crippen molar-refractivity contribution in [3.63, 3.8) is 0 Å². The maximum atomic E-state index is 12.1. The van der Waals surface area contributed by atoms with Crippen LogP contribution in [0.15, 0.2) is 18.2 Å². The molecule has 1 aromatic rings. The van der Waals surface area contributed by atoms with Crippen molar-refractivity contribution in [2.75, 3.05) is 6.54 Å². The molecule has 2 unspecified atom stereocenters. The smallest absolute Gasteiger partial charge is 0.224 e. The van der Waals surface area contributed by atoms with Crippen LogP contribution >= 0.6 is 35.6 Å². The molecule has 2 atom stereocenters. The Bertz CT molecular complexity index is 505. The monoisotopic (exact) mass is 336 g/mol. The van der Waals surface area contributed by atoms with E-state index in [2.05, 4.69) is 5.32 Å². The number of halogens is 3. The lowest BCUT2D eigenvalue weighted by molar-refractivity contribution is -0.123. The summed E-state index contributed by atoms with van der Waals surface area (Å²) in [6, 6.07) is 5.55. The first-order valence-electron chi connectivity index (χ1n) is 6.31. The van der Waals surface area contributed by atoms with Crippen LogP contribution in [0.4, 0.5) is 0 Å². The van der Waals surface area contributed by atoms with Gasteiger partial charge in [0.1, 0.15) is 0 Å². The summed E-state index contributed by atoms with van der Waals surface area (Å²) in [7, 11) is 0. The van der Waals surface area contributed by atoms with Crippen LogP contribution in [0.2, 0.25) is 10.0 Å². The Morgan fingerprint density at radius 1 is 1.40 bits per heavy atom. The van der Waals surface area contributed by atoms with Crippen molar-refractivity contribution in [1.82, 2.24) is 5.32 Å². The second kappa shape index (κ2) is 6.52. The van der Waals surface area contributed by atoms with Crippen molar-refractivity contribution < 1.29 is 4.79 Å². The number of benzene rings is 1. The molecule has 112 valence electrons. The number of amides is 1. The van der Waals surface area contributed by atoms with Crippen molar-refractivity contribution in [3.05, 3.63) is 33.8 Å². The molecule has 0 aliphatic heterocycles. The number of nitrogens with one attached hydrogen (secondary N) is 1. The van der Waals surface area contributed by atoms with Gasteiger partial charge in [0.25, 0.3) is 0 Å². The van der Waals surface area contributed by atoms with Crippen molar-refractivity contribution in [1.29, 1.82) is 0 Å². The number of hydrogen-bond acceptors (Lipinski definition) is 2. The van der Waals surface area contributed by atoms with Gasteiger partial charge >= 0.3 is 0 Å². The highest BCUT2D eigenvalue weighted by Gasteiger charge is 2.45. The predicted molar refractivity (Wildman–Crippen MR) is 85.8 cm³/mol. The largest absolute Gasteiger partial charge is 0.350 e. The van der Waals surface area contributed by atoms with Crippen LogP contribution in [0.3, 0.4) is 0 Å². The van der Waals surface area contributed by atoms with E-state index in [-0.39, 0.29) is 35.7 Å². The Balaban J connectivity index is 0.00000200. The normalized spacial score (nSPS) is 21.1. The summed E-state index contributed by atoms with van der Waals surface area (Å²) in [5.41, 5.74) is 6.32. The fraction of sp³-hybridized carbons (Fsp3) is 0.500. The van der Waals surface area contributed by atoms with E-state index < -0.39 is 0 Å². The van der Waals surface area contributed by atoms with Gasteiger partial charge in [-0.25, -0.2) is 0 Å². The molecule has 1 aromatic carbocycles. The molecule has 0 heterocycles. The topological polar surface area (TPSA) is 55.1 Å². The van der Waals surface area contributed by atoms with Crippen LogP contribution in [0, 0.1) is 5.92 Å². The third kappa shape index (κ3) is 4.01. The number of carbonyl (C=O) groups excluding carboxylic acids is 1. The van der Waals surface area contributed by atoms with Crippen LogP contribution in [-0.2, 0) is 4.79 Å². The maximum absolute atomic E-state index is 12.1. The Hall–Kier alpha value is -0.480. The van der Waals surface area contributed by atoms with Gasteiger partial charge in [0.15, 0.2) is 0 Å². The molecule has 0 saturated heterocycles. The van der Waals surface area contributed by atoms with E-state index in [1.807, 2.05) is 26.0 Å². The first kappa shape index (κ1) is 17.6. The minimum Gasteiger partial charge on any atom is -0.350 e. The highest BCUT2D eigenvalue weighted by molar-refractivity contribution is 6.42. The van der Waals surface area contributed by atoms with E-state index in [0.29, 0.717) is 16.6 Å². The van der Waals surface area contributed by atoms with Crippen LogP contribution in [0.25, 0.3) is 0 Å². The number of hydrogen-bond donors (Lipinski definition) is 2. The molecule has 3 N–H and O–H groups in total. The summed E-state index contributed by atoms with van der Waals surface area (Å²) in [6.45, 7) is 4.26. The van der Waals surface area contributed by atoms with Crippen molar-refractivity contribution in [3.8, 4) is 0 Å². The van der Waals surface area contributed by atoms with Gasteiger partial charge in [0.05, 0.1) is 10.0 Å². The van der Waals surface area contributed by atoms with E-state index in [4.69, 9.17) is 28.9 Å². The quantitative estimate of drug-likeness (QED) is 0.885. The SMILES string of the molecule is CC(C)(CN)NC(=O)C1CC1c1ccc(Cl)c(Cl)c1.Cl. The average molecular weight is 338 g/mol. The Labute approximate surface area is 135 Å². The molecule has 6 heteroatoms. The summed E-state index contributed by atoms with van der Waals surface area (Å²) in [6.07, 6.45) is 0.852. The van der Waals surface area contributed by atoms with E-state index in [1.54, 1.807) is 6.07 Å². The molecule has 0 radical (unpaired) electrons. The summed E-state index contributed by atoms with van der Waals surface area (Å²) in [5.74, 6) is 0.318. The minimum absolute atomic E-state index is 0. The Kier molecular flexibility index (Phi) is 5.73. The Morgan fingerprint density at radius 2 is 2.05 bits per heavy atom. The zero-order valence-electron chi connectivity index (χ0n) is 11.5. The molecule has 1 aliphatic carbocycles. The highest BCUT2D eigenvalue weighted by atomic mass is 35.5. The molecule has 1 saturated carbocycles. The summed E-state index contributed by atoms with van der Waals surface area (Å²) >= 11 is 11.9. The number of carbonyl (C=O) groups is 1. The lowest BCUT2D eigenvalue weighted by atomic mass is 10.0. The van der Waals surface area contributed by atoms with Crippen molar-refractivity contribution in [2.45, 2.75) is 31.7 Å². The minimum atomic E-state index is -0.359. The fourth-order valence-electron chi connectivity index (χ4n) is 2.07. The first-order chi connectivity index (χ1) is 8.84. The standard InChI is InChI=1S/C14H18Cl2N2O.ClH/c1-14(2,7-17)18-13(19)10-6-9(10)8-3-4-11(15)12(16)5-8;/h3-5,9-10H,6-7,17H2,1-2H3,(H,18,19);1H. The highest BCUT2D eigenvalue weighted by Crippen LogP contribution is 2.48. The van der Waals surface area contributed by atoms with E-state index >= 15 is 0 Å². The summed E-state index contributed by atoms with van der Waals surface area (Å²) in [5, 5.41) is 4.04. The maximum Gasteiger partial charge on any atom is 0.224 e. The number of nitrogens with two attached hydrogens (primary N) is 1. The van der Waals surface area contributed by atoms with Gasteiger partial charge in [-0.2, -0.15) is 0 Å². The van der Waals surface area contributed by atoms with Crippen LogP contribution in [0.5, 0.6) is 0 Å². The van der Waals surface area contributed by atoms with Crippen molar-refractivity contribution in [2.24, 2.45) is 11.7 Å². The van der Waals surface area contributed by atoms with Gasteiger partial charge in [-0.05, 0) is 43.9 Å². The molecular weight excluding hydrogens is 319 g/mol. The second-order valence-electron chi connectivity index (χ2n) is 5.70. The van der Waals surface area contributed by atoms with E-state index in [1.165, 1.54) is 0 Å². The van der Waals surface area contributed by atoms with Gasteiger partial charge in [-0.1, -0.05) is 29.3 Å². The van der Waals surface area contributed by atoms with E-state index in [9.17, 15) is 4.79 Å². The molecule has 1 fully saturated rings. The zero-order chi connectivity index (χ0) is 14.2. The molecule has 3 nitrogen and oxygen atoms in total. The Morgan fingerprint density at radius 3 is 2.60 bits per heavy atom. The molecule has 1 aliphatic rings. The van der Waals surface area contributed by atoms with Crippen LogP contribution in [0.1, 0.15) is 31.7 Å². The summed E-state index contributed by atoms with van der Waals surface area (Å²) in [4.78, 5) is 12.1.